The lowest BCUT2D eigenvalue weighted by Crippen LogP contribution is -2.14. The molecule has 1 aliphatic rings. The van der Waals surface area contributed by atoms with Crippen molar-refractivity contribution < 1.29 is 17.9 Å². The number of ether oxygens (including phenoxy) is 1. The van der Waals surface area contributed by atoms with Crippen molar-refractivity contribution in [2.45, 2.75) is 77.6 Å². The summed E-state index contributed by atoms with van der Waals surface area (Å²) in [6.07, 6.45) is 14.7. The average Bonchev–Trinajstić information content (AvgIpc) is 2.72. The molecule has 0 radical (unpaired) electrons. The fourth-order valence-corrected chi connectivity index (χ4v) is 3.92. The normalized spacial score (nSPS) is 20.0. The first-order valence-corrected chi connectivity index (χ1v) is 11.0. The van der Waals surface area contributed by atoms with Gasteiger partial charge in [-0.1, -0.05) is 38.0 Å². The summed E-state index contributed by atoms with van der Waals surface area (Å²) in [6, 6.07) is 3.24. The van der Waals surface area contributed by atoms with E-state index in [0.29, 0.717) is 36.8 Å². The summed E-state index contributed by atoms with van der Waals surface area (Å²) in [5, 5.41) is 0. The minimum Gasteiger partial charge on any atom is -0.490 e. The molecule has 1 nitrogen and oxygen atoms in total. The zero-order valence-corrected chi connectivity index (χ0v) is 17.2. The van der Waals surface area contributed by atoms with Crippen LogP contribution in [0.2, 0.25) is 0 Å². The van der Waals surface area contributed by atoms with Gasteiger partial charge in [-0.15, -0.1) is 0 Å². The molecule has 4 heteroatoms. The van der Waals surface area contributed by atoms with Gasteiger partial charge in [0.05, 0.1) is 13.3 Å². The Kier molecular flexibility index (Phi) is 10.5. The van der Waals surface area contributed by atoms with Crippen LogP contribution in [0.1, 0.15) is 76.7 Å². The van der Waals surface area contributed by atoms with Gasteiger partial charge in [0.1, 0.15) is 0 Å². The highest BCUT2D eigenvalue weighted by molar-refractivity contribution is 5.31. The quantitative estimate of drug-likeness (QED) is 0.261. The Labute approximate surface area is 168 Å². The summed E-state index contributed by atoms with van der Waals surface area (Å²) in [7, 11) is 0. The van der Waals surface area contributed by atoms with Crippen LogP contribution in [0.25, 0.3) is 0 Å². The van der Waals surface area contributed by atoms with Gasteiger partial charge in [0, 0.05) is 0 Å². The Bertz CT molecular complexity index is 592. The predicted molar refractivity (Wildman–Crippen MR) is 109 cm³/mol. The SMILES string of the molecule is CCCCCOc1ccc(CCC2CCC(/C=C/CCCF)CC2)c(F)c1F. The number of benzene rings is 1. The topological polar surface area (TPSA) is 9.23 Å². The van der Waals surface area contributed by atoms with Crippen LogP contribution in [0.4, 0.5) is 13.2 Å². The molecule has 2 rings (SSSR count). The molecule has 0 saturated heterocycles. The highest BCUT2D eigenvalue weighted by Gasteiger charge is 2.21. The third-order valence-electron chi connectivity index (χ3n) is 5.76. The van der Waals surface area contributed by atoms with Crippen LogP contribution in [0.5, 0.6) is 5.75 Å². The van der Waals surface area contributed by atoms with Crippen molar-refractivity contribution in [1.82, 2.24) is 0 Å². The molecular weight excluding hydrogens is 361 g/mol. The van der Waals surface area contributed by atoms with Gasteiger partial charge in [-0.3, -0.25) is 4.39 Å². The van der Waals surface area contributed by atoms with E-state index in [2.05, 4.69) is 19.1 Å². The van der Waals surface area contributed by atoms with E-state index in [4.69, 9.17) is 4.74 Å². The van der Waals surface area contributed by atoms with E-state index in [-0.39, 0.29) is 12.4 Å². The minimum absolute atomic E-state index is 0.0254. The smallest absolute Gasteiger partial charge is 0.200 e. The molecule has 28 heavy (non-hydrogen) atoms. The van der Waals surface area contributed by atoms with Crippen molar-refractivity contribution >= 4 is 0 Å². The Balaban J connectivity index is 1.75. The molecule has 0 atom stereocenters. The molecule has 0 N–H and O–H groups in total. The Morgan fingerprint density at radius 1 is 1.04 bits per heavy atom. The molecule has 1 fully saturated rings. The number of rotatable bonds is 12. The molecule has 1 aromatic rings. The van der Waals surface area contributed by atoms with E-state index in [9.17, 15) is 13.2 Å². The van der Waals surface area contributed by atoms with Gasteiger partial charge in [0.25, 0.3) is 0 Å². The summed E-state index contributed by atoms with van der Waals surface area (Å²) < 4.78 is 46.1. The van der Waals surface area contributed by atoms with Gasteiger partial charge in [-0.2, -0.15) is 4.39 Å². The second-order valence-electron chi connectivity index (χ2n) is 7.99. The summed E-state index contributed by atoms with van der Waals surface area (Å²) in [4.78, 5) is 0. The lowest BCUT2D eigenvalue weighted by Gasteiger charge is -2.26. The molecule has 1 aliphatic carbocycles. The number of unbranched alkanes of at least 4 members (excludes halogenated alkanes) is 3. The van der Waals surface area contributed by atoms with Crippen molar-refractivity contribution in [1.29, 1.82) is 0 Å². The van der Waals surface area contributed by atoms with Crippen molar-refractivity contribution in [3.63, 3.8) is 0 Å². The fraction of sp³-hybridized carbons (Fsp3) is 0.667. The molecule has 0 unspecified atom stereocenters. The van der Waals surface area contributed by atoms with Crippen LogP contribution in [0.15, 0.2) is 24.3 Å². The number of allylic oxidation sites excluding steroid dienone is 2. The van der Waals surface area contributed by atoms with Crippen LogP contribution >= 0.6 is 0 Å². The summed E-state index contributed by atoms with van der Waals surface area (Å²) in [5.74, 6) is -0.414. The van der Waals surface area contributed by atoms with E-state index >= 15 is 0 Å². The second-order valence-corrected chi connectivity index (χ2v) is 7.99. The van der Waals surface area contributed by atoms with Crippen LogP contribution < -0.4 is 4.74 Å². The number of hydrogen-bond acceptors (Lipinski definition) is 1. The molecule has 0 heterocycles. The molecule has 0 bridgehead atoms. The Morgan fingerprint density at radius 2 is 1.82 bits per heavy atom. The minimum atomic E-state index is -0.851. The maximum atomic E-state index is 14.4. The van der Waals surface area contributed by atoms with E-state index in [0.717, 1.165) is 57.8 Å². The second kappa shape index (κ2) is 12.9. The number of alkyl halides is 1. The number of hydrogen-bond donors (Lipinski definition) is 0. The first kappa shape index (κ1) is 22.8. The van der Waals surface area contributed by atoms with Crippen molar-refractivity contribution in [2.75, 3.05) is 13.3 Å². The largest absolute Gasteiger partial charge is 0.490 e. The predicted octanol–water partition coefficient (Wildman–Crippen LogP) is 7.58. The van der Waals surface area contributed by atoms with Crippen LogP contribution in [0.3, 0.4) is 0 Å². The molecular formula is C24H35F3O. The zero-order chi connectivity index (χ0) is 20.2. The summed E-state index contributed by atoms with van der Waals surface area (Å²) in [5.41, 5.74) is 0.451. The average molecular weight is 397 g/mol. The Hall–Kier alpha value is -1.45. The van der Waals surface area contributed by atoms with Gasteiger partial charge in [-0.05, 0) is 81.3 Å². The van der Waals surface area contributed by atoms with Crippen LogP contribution in [-0.2, 0) is 6.42 Å². The van der Waals surface area contributed by atoms with E-state index in [1.807, 2.05) is 0 Å². The third kappa shape index (κ3) is 7.52. The van der Waals surface area contributed by atoms with Gasteiger partial charge < -0.3 is 4.74 Å². The fourth-order valence-electron chi connectivity index (χ4n) is 3.92. The van der Waals surface area contributed by atoms with Gasteiger partial charge >= 0.3 is 0 Å². The molecule has 0 amide bonds. The van der Waals surface area contributed by atoms with E-state index in [1.54, 1.807) is 12.1 Å². The molecule has 0 aliphatic heterocycles. The van der Waals surface area contributed by atoms with Gasteiger partial charge in [-0.25, -0.2) is 4.39 Å². The zero-order valence-electron chi connectivity index (χ0n) is 17.2. The summed E-state index contributed by atoms with van der Waals surface area (Å²) in [6.45, 7) is 2.27. The first-order valence-electron chi connectivity index (χ1n) is 11.0. The summed E-state index contributed by atoms with van der Waals surface area (Å²) >= 11 is 0. The van der Waals surface area contributed by atoms with Crippen molar-refractivity contribution in [3.8, 4) is 5.75 Å². The number of aryl methyl sites for hydroxylation is 1. The van der Waals surface area contributed by atoms with E-state index in [1.165, 1.54) is 0 Å². The third-order valence-corrected chi connectivity index (χ3v) is 5.76. The standard InChI is InChI=1S/C24H35F3O/c1-2-3-7-18-28-22-16-15-21(23(26)24(22)27)14-13-20-11-9-19(10-12-20)8-5-4-6-17-25/h5,8,15-16,19-20H,2-4,6-7,9-14,17-18H2,1H3/b8-5+. The monoisotopic (exact) mass is 396 g/mol. The van der Waals surface area contributed by atoms with Crippen LogP contribution in [-0.4, -0.2) is 13.3 Å². The molecule has 0 spiro atoms. The van der Waals surface area contributed by atoms with Crippen molar-refractivity contribution in [3.05, 3.63) is 41.5 Å². The lowest BCUT2D eigenvalue weighted by molar-refractivity contribution is 0.283. The molecule has 0 aromatic heterocycles. The van der Waals surface area contributed by atoms with Gasteiger partial charge in [0.2, 0.25) is 5.82 Å². The maximum Gasteiger partial charge on any atom is 0.200 e. The van der Waals surface area contributed by atoms with Gasteiger partial charge in [0.15, 0.2) is 11.6 Å². The first-order chi connectivity index (χ1) is 13.7. The molecule has 158 valence electrons. The van der Waals surface area contributed by atoms with E-state index < -0.39 is 11.6 Å². The maximum absolute atomic E-state index is 14.4. The lowest BCUT2D eigenvalue weighted by atomic mass is 9.79. The highest BCUT2D eigenvalue weighted by atomic mass is 19.2. The Morgan fingerprint density at radius 3 is 2.54 bits per heavy atom. The van der Waals surface area contributed by atoms with Crippen LogP contribution in [0, 0.1) is 23.5 Å². The number of halogens is 3. The molecule has 1 saturated carbocycles. The highest BCUT2D eigenvalue weighted by Crippen LogP contribution is 2.33. The van der Waals surface area contributed by atoms with Crippen molar-refractivity contribution in [2.24, 2.45) is 11.8 Å². The molecule has 1 aromatic carbocycles.